The first kappa shape index (κ1) is 12.4. The Hall–Kier alpha value is -1.67. The van der Waals surface area contributed by atoms with Crippen molar-refractivity contribution in [3.63, 3.8) is 0 Å². The lowest BCUT2D eigenvalue weighted by Gasteiger charge is -2.38. The molecule has 0 saturated heterocycles. The predicted molar refractivity (Wildman–Crippen MR) is 77.9 cm³/mol. The molecule has 1 heterocycles. The maximum Gasteiger partial charge on any atom is 0.0453 e. The van der Waals surface area contributed by atoms with Crippen molar-refractivity contribution in [1.82, 2.24) is 4.98 Å². The third-order valence-corrected chi connectivity index (χ3v) is 4.32. The van der Waals surface area contributed by atoms with Gasteiger partial charge in [0.2, 0.25) is 0 Å². The van der Waals surface area contributed by atoms with E-state index in [0.717, 1.165) is 12.8 Å². The number of aromatic nitrogens is 1. The molecule has 0 fully saturated rings. The van der Waals surface area contributed by atoms with E-state index in [1.807, 2.05) is 12.4 Å². The Morgan fingerprint density at radius 3 is 2.74 bits per heavy atom. The highest BCUT2D eigenvalue weighted by atomic mass is 14.8. The molecule has 0 saturated carbocycles. The molecule has 0 spiro atoms. The molecule has 0 aliphatic heterocycles. The summed E-state index contributed by atoms with van der Waals surface area (Å²) in [7, 11) is 0. The van der Waals surface area contributed by atoms with Crippen LogP contribution in [-0.4, -0.2) is 4.98 Å². The molecule has 2 unspecified atom stereocenters. The molecule has 19 heavy (non-hydrogen) atoms. The maximum absolute atomic E-state index is 6.74. The number of hydrogen-bond donors (Lipinski definition) is 1. The molecule has 0 amide bonds. The van der Waals surface area contributed by atoms with Crippen LogP contribution in [0.4, 0.5) is 0 Å². The van der Waals surface area contributed by atoms with Gasteiger partial charge in [-0.3, -0.25) is 4.98 Å². The predicted octanol–water partition coefficient (Wildman–Crippen LogP) is 3.38. The summed E-state index contributed by atoms with van der Waals surface area (Å²) >= 11 is 0. The highest BCUT2D eigenvalue weighted by Gasteiger charge is 2.35. The summed E-state index contributed by atoms with van der Waals surface area (Å²) in [6.45, 7) is 2.30. The Labute approximate surface area is 114 Å². The zero-order chi connectivity index (χ0) is 13.3. The van der Waals surface area contributed by atoms with E-state index in [-0.39, 0.29) is 5.54 Å². The second-order valence-electron chi connectivity index (χ2n) is 5.72. The van der Waals surface area contributed by atoms with Crippen molar-refractivity contribution in [2.45, 2.75) is 37.6 Å². The van der Waals surface area contributed by atoms with E-state index in [9.17, 15) is 0 Å². The Morgan fingerprint density at radius 2 is 1.95 bits per heavy atom. The van der Waals surface area contributed by atoms with Gasteiger partial charge >= 0.3 is 0 Å². The molecule has 2 nitrogen and oxygen atoms in total. The minimum atomic E-state index is -0.232. The van der Waals surface area contributed by atoms with Crippen LogP contribution in [0.1, 0.15) is 42.4 Å². The van der Waals surface area contributed by atoms with Gasteiger partial charge < -0.3 is 5.73 Å². The first-order valence-corrected chi connectivity index (χ1v) is 6.96. The van der Waals surface area contributed by atoms with Crippen molar-refractivity contribution >= 4 is 0 Å². The van der Waals surface area contributed by atoms with Crippen molar-refractivity contribution in [3.05, 3.63) is 65.5 Å². The summed E-state index contributed by atoms with van der Waals surface area (Å²) < 4.78 is 0. The number of benzene rings is 1. The first-order chi connectivity index (χ1) is 9.19. The normalized spacial score (nSPS) is 25.9. The lowest BCUT2D eigenvalue weighted by molar-refractivity contribution is 0.349. The summed E-state index contributed by atoms with van der Waals surface area (Å²) in [4.78, 5) is 4.08. The van der Waals surface area contributed by atoms with Crippen LogP contribution in [0, 0.1) is 0 Å². The fourth-order valence-electron chi connectivity index (χ4n) is 3.19. The molecule has 98 valence electrons. The molecule has 2 N–H and O–H groups in total. The molecule has 2 aromatic rings. The standard InChI is InChI=1S/C17H20N2/c1-13-6-9-17(18,12-14-7-10-19-11-8-14)16-5-3-2-4-15(13)16/h2-5,7-8,10-11,13H,6,9,12,18H2,1H3. The third-order valence-electron chi connectivity index (χ3n) is 4.32. The van der Waals surface area contributed by atoms with Crippen LogP contribution < -0.4 is 5.73 Å². The molecule has 0 radical (unpaired) electrons. The number of nitrogens with two attached hydrogens (primary N) is 1. The quantitative estimate of drug-likeness (QED) is 0.890. The molecular weight excluding hydrogens is 232 g/mol. The second kappa shape index (κ2) is 4.78. The van der Waals surface area contributed by atoms with Crippen molar-refractivity contribution < 1.29 is 0 Å². The van der Waals surface area contributed by atoms with Gasteiger partial charge in [0.05, 0.1) is 0 Å². The van der Waals surface area contributed by atoms with Gasteiger partial charge in [0.25, 0.3) is 0 Å². The first-order valence-electron chi connectivity index (χ1n) is 6.96. The maximum atomic E-state index is 6.74. The van der Waals surface area contributed by atoms with Crippen LogP contribution in [-0.2, 0) is 12.0 Å². The minimum absolute atomic E-state index is 0.232. The van der Waals surface area contributed by atoms with Crippen LogP contribution in [0.3, 0.4) is 0 Å². The fourth-order valence-corrected chi connectivity index (χ4v) is 3.19. The summed E-state index contributed by atoms with van der Waals surface area (Å²) in [5.41, 5.74) is 10.5. The number of rotatable bonds is 2. The molecule has 3 rings (SSSR count). The fraction of sp³-hybridized carbons (Fsp3) is 0.353. The molecule has 0 bridgehead atoms. The van der Waals surface area contributed by atoms with Gasteiger partial charge in [-0.05, 0) is 54.0 Å². The average Bonchev–Trinajstić information content (AvgIpc) is 2.45. The summed E-state index contributed by atoms with van der Waals surface area (Å²) in [5.74, 6) is 0.616. The van der Waals surface area contributed by atoms with Crippen molar-refractivity contribution in [1.29, 1.82) is 0 Å². The number of hydrogen-bond acceptors (Lipinski definition) is 2. The SMILES string of the molecule is CC1CCC(N)(Cc2ccncc2)c2ccccc21. The van der Waals surface area contributed by atoms with Crippen molar-refractivity contribution in [3.8, 4) is 0 Å². The van der Waals surface area contributed by atoms with Crippen molar-refractivity contribution in [2.24, 2.45) is 5.73 Å². The molecule has 1 aliphatic carbocycles. The lowest BCUT2D eigenvalue weighted by Crippen LogP contribution is -2.42. The number of fused-ring (bicyclic) bond motifs is 1. The van der Waals surface area contributed by atoms with Gasteiger partial charge in [0.15, 0.2) is 0 Å². The molecule has 2 heteroatoms. The summed E-state index contributed by atoms with van der Waals surface area (Å²) in [6.07, 6.45) is 6.79. The highest BCUT2D eigenvalue weighted by molar-refractivity contribution is 5.39. The highest BCUT2D eigenvalue weighted by Crippen LogP contribution is 2.41. The number of pyridine rings is 1. The Morgan fingerprint density at radius 1 is 1.21 bits per heavy atom. The van der Waals surface area contributed by atoms with Gasteiger partial charge in [-0.25, -0.2) is 0 Å². The molecular formula is C17H20N2. The van der Waals surface area contributed by atoms with Crippen LogP contribution in [0.2, 0.25) is 0 Å². The largest absolute Gasteiger partial charge is 0.321 e. The minimum Gasteiger partial charge on any atom is -0.321 e. The Balaban J connectivity index is 1.99. The topological polar surface area (TPSA) is 38.9 Å². The molecule has 1 aliphatic rings. The Bertz CT molecular complexity index is 564. The Kier molecular flexibility index (Phi) is 3.11. The van der Waals surface area contributed by atoms with Gasteiger partial charge in [-0.2, -0.15) is 0 Å². The molecule has 1 aromatic heterocycles. The van der Waals surface area contributed by atoms with Gasteiger partial charge in [0.1, 0.15) is 0 Å². The smallest absolute Gasteiger partial charge is 0.0453 e. The monoisotopic (exact) mass is 252 g/mol. The van der Waals surface area contributed by atoms with Gasteiger partial charge in [0, 0.05) is 17.9 Å². The molecule has 1 aromatic carbocycles. The van der Waals surface area contributed by atoms with E-state index < -0.39 is 0 Å². The third kappa shape index (κ3) is 2.28. The van der Waals surface area contributed by atoms with Crippen LogP contribution >= 0.6 is 0 Å². The van der Waals surface area contributed by atoms with E-state index in [4.69, 9.17) is 5.73 Å². The number of nitrogens with zero attached hydrogens (tertiary/aromatic N) is 1. The van der Waals surface area contributed by atoms with E-state index in [0.29, 0.717) is 5.92 Å². The zero-order valence-corrected chi connectivity index (χ0v) is 11.3. The van der Waals surface area contributed by atoms with Crippen molar-refractivity contribution in [2.75, 3.05) is 0 Å². The summed E-state index contributed by atoms with van der Waals surface area (Å²) in [6, 6.07) is 12.8. The van der Waals surface area contributed by atoms with E-state index >= 15 is 0 Å². The second-order valence-corrected chi connectivity index (χ2v) is 5.72. The van der Waals surface area contributed by atoms with Crippen LogP contribution in [0.5, 0.6) is 0 Å². The zero-order valence-electron chi connectivity index (χ0n) is 11.3. The van der Waals surface area contributed by atoms with Gasteiger partial charge in [-0.1, -0.05) is 31.2 Å². The van der Waals surface area contributed by atoms with Crippen LogP contribution in [0.25, 0.3) is 0 Å². The van der Waals surface area contributed by atoms with E-state index in [2.05, 4.69) is 48.3 Å². The summed E-state index contributed by atoms with van der Waals surface area (Å²) in [5, 5.41) is 0. The average molecular weight is 252 g/mol. The van der Waals surface area contributed by atoms with Crippen LogP contribution in [0.15, 0.2) is 48.8 Å². The van der Waals surface area contributed by atoms with E-state index in [1.54, 1.807) is 0 Å². The van der Waals surface area contributed by atoms with Gasteiger partial charge in [-0.15, -0.1) is 0 Å². The lowest BCUT2D eigenvalue weighted by atomic mass is 9.70. The molecule has 2 atom stereocenters. The van der Waals surface area contributed by atoms with E-state index in [1.165, 1.54) is 23.1 Å².